The van der Waals surface area contributed by atoms with E-state index in [1.807, 2.05) is 13.8 Å². The maximum absolute atomic E-state index is 11.8. The molecule has 0 aliphatic rings. The van der Waals surface area contributed by atoms with Crippen molar-refractivity contribution in [3.05, 3.63) is 12.5 Å². The number of aryl methyl sites for hydroxylation is 1. The molecule has 0 saturated carbocycles. The molecule has 1 rings (SSSR count). The van der Waals surface area contributed by atoms with Gasteiger partial charge >= 0.3 is 0 Å². The highest BCUT2D eigenvalue weighted by Crippen LogP contribution is 2.12. The Morgan fingerprint density at radius 1 is 1.56 bits per heavy atom. The molecule has 5 nitrogen and oxygen atoms in total. The van der Waals surface area contributed by atoms with Gasteiger partial charge in [0.15, 0.2) is 5.03 Å². The van der Waals surface area contributed by atoms with E-state index >= 15 is 0 Å². The van der Waals surface area contributed by atoms with Crippen LogP contribution in [-0.4, -0.2) is 29.3 Å². The summed E-state index contributed by atoms with van der Waals surface area (Å²) in [5, 5.41) is 0.0541. The van der Waals surface area contributed by atoms with Gasteiger partial charge in [-0.1, -0.05) is 29.8 Å². The van der Waals surface area contributed by atoms with Crippen LogP contribution in [0.3, 0.4) is 0 Å². The second-order valence-electron chi connectivity index (χ2n) is 3.99. The van der Waals surface area contributed by atoms with Crippen LogP contribution in [0.2, 0.25) is 0 Å². The second-order valence-corrected chi connectivity index (χ2v) is 6.88. The molecular formula is C9H16BrN3O2S. The first-order valence-electron chi connectivity index (χ1n) is 4.94. The molecule has 0 fully saturated rings. The van der Waals surface area contributed by atoms with Crippen molar-refractivity contribution in [2.24, 2.45) is 13.0 Å². The molecule has 0 aliphatic carbocycles. The number of aromatic nitrogens is 2. The van der Waals surface area contributed by atoms with Crippen molar-refractivity contribution in [2.45, 2.75) is 23.7 Å². The topological polar surface area (TPSA) is 64.0 Å². The molecule has 1 N–H and O–H groups in total. The Morgan fingerprint density at radius 2 is 2.19 bits per heavy atom. The van der Waals surface area contributed by atoms with E-state index in [1.54, 1.807) is 11.6 Å². The zero-order chi connectivity index (χ0) is 12.3. The normalized spacial score (nSPS) is 14.3. The maximum Gasteiger partial charge on any atom is 0.259 e. The summed E-state index contributed by atoms with van der Waals surface area (Å²) in [6.45, 7) is 4.40. The van der Waals surface area contributed by atoms with Gasteiger partial charge < -0.3 is 4.57 Å². The van der Waals surface area contributed by atoms with E-state index in [2.05, 4.69) is 25.6 Å². The average molecular weight is 310 g/mol. The Bertz CT molecular complexity index is 441. The maximum atomic E-state index is 11.8. The molecule has 1 atom stereocenters. The SMILES string of the molecule is CC(C)C(Br)CNS(=O)(=O)c1cn(C)cn1. The predicted molar refractivity (Wildman–Crippen MR) is 65.9 cm³/mol. The van der Waals surface area contributed by atoms with Gasteiger partial charge in [-0.3, -0.25) is 0 Å². The standard InChI is InChI=1S/C9H16BrN3O2S/c1-7(2)8(10)4-12-16(14,15)9-5-13(3)6-11-9/h5-8,12H,4H2,1-3H3. The minimum absolute atomic E-state index is 0.0541. The predicted octanol–water partition coefficient (Wildman–Crippen LogP) is 1.12. The summed E-state index contributed by atoms with van der Waals surface area (Å²) < 4.78 is 27.6. The Hall–Kier alpha value is -0.400. The Labute approximate surface area is 104 Å². The van der Waals surface area contributed by atoms with Crippen LogP contribution in [0.1, 0.15) is 13.8 Å². The molecule has 1 heterocycles. The lowest BCUT2D eigenvalue weighted by Gasteiger charge is -2.13. The van der Waals surface area contributed by atoms with E-state index < -0.39 is 10.0 Å². The molecule has 0 bridgehead atoms. The molecule has 0 aliphatic heterocycles. The minimum atomic E-state index is -3.48. The third-order valence-corrected chi connectivity index (χ3v) is 4.84. The molecule has 1 unspecified atom stereocenters. The zero-order valence-electron chi connectivity index (χ0n) is 9.51. The first kappa shape index (κ1) is 13.7. The summed E-state index contributed by atoms with van der Waals surface area (Å²) in [4.78, 5) is 3.92. The molecule has 92 valence electrons. The van der Waals surface area contributed by atoms with Crippen molar-refractivity contribution < 1.29 is 8.42 Å². The lowest BCUT2D eigenvalue weighted by atomic mass is 10.1. The minimum Gasteiger partial charge on any atom is -0.339 e. The summed E-state index contributed by atoms with van der Waals surface area (Å²) in [7, 11) is -1.75. The summed E-state index contributed by atoms with van der Waals surface area (Å²) in [6.07, 6.45) is 2.93. The van der Waals surface area contributed by atoms with Crippen LogP contribution < -0.4 is 4.72 Å². The smallest absolute Gasteiger partial charge is 0.259 e. The van der Waals surface area contributed by atoms with Crippen molar-refractivity contribution in [3.8, 4) is 0 Å². The fourth-order valence-corrected chi connectivity index (χ4v) is 2.44. The molecule has 1 aromatic rings. The number of rotatable bonds is 5. The summed E-state index contributed by atoms with van der Waals surface area (Å²) in [5.41, 5.74) is 0. The van der Waals surface area contributed by atoms with Gasteiger partial charge in [0.2, 0.25) is 0 Å². The first-order chi connectivity index (χ1) is 7.33. The third-order valence-electron chi connectivity index (χ3n) is 2.15. The molecule has 0 amide bonds. The summed E-state index contributed by atoms with van der Waals surface area (Å²) >= 11 is 3.42. The van der Waals surface area contributed by atoms with Crippen LogP contribution in [-0.2, 0) is 17.1 Å². The van der Waals surface area contributed by atoms with Gasteiger partial charge in [-0.05, 0) is 5.92 Å². The molecule has 0 aromatic carbocycles. The molecule has 7 heteroatoms. The summed E-state index contributed by atoms with van der Waals surface area (Å²) in [6, 6.07) is 0. The van der Waals surface area contributed by atoms with Crippen LogP contribution in [0.5, 0.6) is 0 Å². The largest absolute Gasteiger partial charge is 0.339 e. The third kappa shape index (κ3) is 3.57. The van der Waals surface area contributed by atoms with E-state index in [-0.39, 0.29) is 9.85 Å². The van der Waals surface area contributed by atoms with Gasteiger partial charge in [0.05, 0.1) is 6.33 Å². The average Bonchev–Trinajstić information content (AvgIpc) is 2.61. The Balaban J connectivity index is 2.67. The lowest BCUT2D eigenvalue weighted by Crippen LogP contribution is -2.32. The van der Waals surface area contributed by atoms with Crippen molar-refractivity contribution in [3.63, 3.8) is 0 Å². The number of nitrogens with one attached hydrogen (secondary N) is 1. The molecule has 1 aromatic heterocycles. The van der Waals surface area contributed by atoms with Crippen LogP contribution in [0.4, 0.5) is 0 Å². The van der Waals surface area contributed by atoms with Crippen molar-refractivity contribution in [1.29, 1.82) is 0 Å². The number of hydrogen-bond donors (Lipinski definition) is 1. The quantitative estimate of drug-likeness (QED) is 0.829. The van der Waals surface area contributed by atoms with E-state index in [9.17, 15) is 8.42 Å². The van der Waals surface area contributed by atoms with Gasteiger partial charge in [-0.25, -0.2) is 18.1 Å². The molecule has 0 saturated heterocycles. The number of halogens is 1. The van der Waals surface area contributed by atoms with E-state index in [0.29, 0.717) is 12.5 Å². The number of imidazole rings is 1. The van der Waals surface area contributed by atoms with Crippen molar-refractivity contribution >= 4 is 26.0 Å². The van der Waals surface area contributed by atoms with Crippen molar-refractivity contribution in [1.82, 2.24) is 14.3 Å². The number of nitrogens with zero attached hydrogens (tertiary/aromatic N) is 2. The number of hydrogen-bond acceptors (Lipinski definition) is 3. The molecule has 0 radical (unpaired) electrons. The highest BCUT2D eigenvalue weighted by atomic mass is 79.9. The first-order valence-corrected chi connectivity index (χ1v) is 7.34. The van der Waals surface area contributed by atoms with Crippen LogP contribution in [0.25, 0.3) is 0 Å². The highest BCUT2D eigenvalue weighted by molar-refractivity contribution is 9.09. The number of alkyl halides is 1. The summed E-state index contributed by atoms with van der Waals surface area (Å²) in [5.74, 6) is 0.367. The van der Waals surface area contributed by atoms with E-state index in [1.165, 1.54) is 12.5 Å². The second kappa shape index (κ2) is 5.29. The van der Waals surface area contributed by atoms with Gasteiger partial charge in [-0.15, -0.1) is 0 Å². The van der Waals surface area contributed by atoms with Gasteiger partial charge in [-0.2, -0.15) is 0 Å². The van der Waals surface area contributed by atoms with Crippen LogP contribution >= 0.6 is 15.9 Å². The monoisotopic (exact) mass is 309 g/mol. The van der Waals surface area contributed by atoms with Gasteiger partial charge in [0.25, 0.3) is 10.0 Å². The molecular weight excluding hydrogens is 294 g/mol. The molecule has 0 spiro atoms. The van der Waals surface area contributed by atoms with E-state index in [4.69, 9.17) is 0 Å². The number of sulfonamides is 1. The Morgan fingerprint density at radius 3 is 2.62 bits per heavy atom. The van der Waals surface area contributed by atoms with Crippen molar-refractivity contribution in [2.75, 3.05) is 6.54 Å². The molecule has 16 heavy (non-hydrogen) atoms. The van der Waals surface area contributed by atoms with Crippen LogP contribution in [0.15, 0.2) is 17.6 Å². The van der Waals surface area contributed by atoms with E-state index in [0.717, 1.165) is 0 Å². The van der Waals surface area contributed by atoms with Crippen LogP contribution in [0, 0.1) is 5.92 Å². The lowest BCUT2D eigenvalue weighted by molar-refractivity contribution is 0.560. The highest BCUT2D eigenvalue weighted by Gasteiger charge is 2.19. The van der Waals surface area contributed by atoms with Gasteiger partial charge in [0, 0.05) is 24.6 Å². The fraction of sp³-hybridized carbons (Fsp3) is 0.667. The zero-order valence-corrected chi connectivity index (χ0v) is 11.9. The van der Waals surface area contributed by atoms with Gasteiger partial charge in [0.1, 0.15) is 0 Å². The fourth-order valence-electron chi connectivity index (χ4n) is 1.03. The Kier molecular flexibility index (Phi) is 4.52.